The fourth-order valence-corrected chi connectivity index (χ4v) is 3.74. The monoisotopic (exact) mass is 497 g/mol. The first kappa shape index (κ1) is 22.9. The van der Waals surface area contributed by atoms with E-state index in [4.69, 9.17) is 16.3 Å². The fraction of sp³-hybridized carbons (Fsp3) is 0.208. The van der Waals surface area contributed by atoms with Crippen LogP contribution in [0.4, 0.5) is 14.5 Å². The molecule has 178 valence electrons. The highest BCUT2D eigenvalue weighted by Crippen LogP contribution is 2.47. The predicted molar refractivity (Wildman–Crippen MR) is 124 cm³/mol. The zero-order valence-electron chi connectivity index (χ0n) is 18.1. The second kappa shape index (κ2) is 9.03. The van der Waals surface area contributed by atoms with Crippen molar-refractivity contribution < 1.29 is 23.1 Å². The van der Waals surface area contributed by atoms with Gasteiger partial charge in [-0.3, -0.25) is 9.59 Å². The molecule has 35 heavy (non-hydrogen) atoms. The number of allylic oxidation sites excluding steroid dienone is 3. The Morgan fingerprint density at radius 2 is 1.91 bits per heavy atom. The molecule has 1 atom stereocenters. The van der Waals surface area contributed by atoms with Crippen molar-refractivity contribution >= 4 is 40.3 Å². The Morgan fingerprint density at radius 3 is 2.63 bits per heavy atom. The van der Waals surface area contributed by atoms with E-state index >= 15 is 0 Å². The van der Waals surface area contributed by atoms with Crippen LogP contribution in [0.3, 0.4) is 0 Å². The lowest BCUT2D eigenvalue weighted by Crippen LogP contribution is -2.39. The minimum atomic E-state index is -1.25. The quantitative estimate of drug-likeness (QED) is 0.481. The highest BCUT2D eigenvalue weighted by atomic mass is 35.5. The highest BCUT2D eigenvalue weighted by molar-refractivity contribution is 6.29. The number of nitrogens with zero attached hydrogens (tertiary/aromatic N) is 3. The Morgan fingerprint density at radius 1 is 1.11 bits per heavy atom. The number of benzene rings is 1. The summed E-state index contributed by atoms with van der Waals surface area (Å²) in [6.45, 7) is 0. The van der Waals surface area contributed by atoms with Gasteiger partial charge in [0.15, 0.2) is 28.5 Å². The number of aromatic nitrogens is 3. The Kier molecular flexibility index (Phi) is 5.89. The van der Waals surface area contributed by atoms with E-state index in [1.165, 1.54) is 42.7 Å². The van der Waals surface area contributed by atoms with Gasteiger partial charge in [0.05, 0.1) is 6.20 Å². The van der Waals surface area contributed by atoms with Crippen LogP contribution in [0.1, 0.15) is 19.3 Å². The highest BCUT2D eigenvalue weighted by Gasteiger charge is 2.56. The van der Waals surface area contributed by atoms with Gasteiger partial charge in [-0.25, -0.2) is 23.7 Å². The second-order valence-electron chi connectivity index (χ2n) is 8.18. The molecule has 2 N–H and O–H groups in total. The fourth-order valence-electron chi connectivity index (χ4n) is 3.61. The molecule has 1 saturated carbocycles. The van der Waals surface area contributed by atoms with Crippen molar-refractivity contribution in [3.63, 3.8) is 0 Å². The number of pyridine rings is 1. The van der Waals surface area contributed by atoms with Crippen LogP contribution in [0.25, 0.3) is 11.2 Å². The number of hydrogen-bond acceptors (Lipinski definition) is 6. The maximum Gasteiger partial charge on any atom is 0.240 e. The molecule has 3 aromatic rings. The minimum absolute atomic E-state index is 0.103. The summed E-state index contributed by atoms with van der Waals surface area (Å²) < 4.78 is 33.7. The summed E-state index contributed by atoms with van der Waals surface area (Å²) in [5.74, 6) is -1.63. The van der Waals surface area contributed by atoms with Gasteiger partial charge in [0.25, 0.3) is 0 Å². The van der Waals surface area contributed by atoms with Gasteiger partial charge >= 0.3 is 0 Å². The molecule has 2 aliphatic carbocycles. The summed E-state index contributed by atoms with van der Waals surface area (Å²) in [5, 5.41) is 5.42. The van der Waals surface area contributed by atoms with E-state index in [0.29, 0.717) is 24.1 Å². The average molecular weight is 498 g/mol. The van der Waals surface area contributed by atoms with Crippen molar-refractivity contribution in [1.82, 2.24) is 20.3 Å². The lowest BCUT2D eigenvalue weighted by molar-refractivity contribution is -0.133. The molecule has 0 spiro atoms. The number of anilines is 1. The standard InChI is InChI=1S/C24H18ClF2N5O3/c25-19-12-29-20-18(7-10-28-21(20)32-19)35-17-6-5-15(11-16(17)27)31-23(34)24(8-9-24)22(33)30-14-3-1-13(26)2-4-14/h1,3-7,10-13H,2,8-9H2,(H,30,33)(H,31,34). The maximum absolute atomic E-state index is 14.8. The second-order valence-corrected chi connectivity index (χ2v) is 8.57. The Hall–Kier alpha value is -3.92. The van der Waals surface area contributed by atoms with Crippen LogP contribution < -0.4 is 15.4 Å². The number of ether oxygens (including phenoxy) is 1. The van der Waals surface area contributed by atoms with E-state index in [1.54, 1.807) is 6.08 Å². The SMILES string of the molecule is O=C(NC1=CCC(F)C=C1)C1(C(=O)Nc2ccc(Oc3ccnc4nc(Cl)cnc34)c(F)c2)CC1. The first-order valence-corrected chi connectivity index (χ1v) is 11.1. The van der Waals surface area contributed by atoms with Crippen molar-refractivity contribution in [2.45, 2.75) is 25.4 Å². The Bertz CT molecular complexity index is 1410. The molecule has 1 aromatic carbocycles. The normalized spacial score (nSPS) is 18.0. The van der Waals surface area contributed by atoms with Gasteiger partial charge in [0, 0.05) is 36.1 Å². The third-order valence-corrected chi connectivity index (χ3v) is 5.90. The van der Waals surface area contributed by atoms with Crippen LogP contribution in [-0.2, 0) is 9.59 Å². The molecule has 1 unspecified atom stereocenters. The summed E-state index contributed by atoms with van der Waals surface area (Å²) in [6.07, 6.45) is 6.94. The predicted octanol–water partition coefficient (Wildman–Crippen LogP) is 4.63. The number of rotatable bonds is 6. The van der Waals surface area contributed by atoms with Gasteiger partial charge in [0.1, 0.15) is 16.7 Å². The number of halogens is 3. The molecule has 5 rings (SSSR count). The van der Waals surface area contributed by atoms with E-state index in [2.05, 4.69) is 25.6 Å². The average Bonchev–Trinajstić information content (AvgIpc) is 3.65. The van der Waals surface area contributed by atoms with E-state index < -0.39 is 29.2 Å². The molecule has 0 saturated heterocycles. The van der Waals surface area contributed by atoms with E-state index in [-0.39, 0.29) is 34.4 Å². The molecule has 2 amide bonds. The van der Waals surface area contributed by atoms with Gasteiger partial charge in [-0.05, 0) is 37.1 Å². The Balaban J connectivity index is 1.27. The zero-order valence-corrected chi connectivity index (χ0v) is 18.9. The number of carbonyl (C=O) groups excluding carboxylic acids is 2. The summed E-state index contributed by atoms with van der Waals surface area (Å²) in [4.78, 5) is 37.8. The molecule has 0 radical (unpaired) electrons. The van der Waals surface area contributed by atoms with Crippen molar-refractivity contribution in [2.75, 3.05) is 5.32 Å². The largest absolute Gasteiger partial charge is 0.452 e. The van der Waals surface area contributed by atoms with Crippen LogP contribution in [0, 0.1) is 11.2 Å². The molecule has 2 aliphatic rings. The van der Waals surface area contributed by atoms with Gasteiger partial charge in [0.2, 0.25) is 11.8 Å². The maximum atomic E-state index is 14.8. The molecule has 11 heteroatoms. The number of nitrogens with one attached hydrogen (secondary N) is 2. The van der Waals surface area contributed by atoms with E-state index in [9.17, 15) is 18.4 Å². The smallest absolute Gasteiger partial charge is 0.240 e. The van der Waals surface area contributed by atoms with Gasteiger partial charge in [-0.2, -0.15) is 0 Å². The lowest BCUT2D eigenvalue weighted by atomic mass is 10.0. The minimum Gasteiger partial charge on any atom is -0.452 e. The summed E-state index contributed by atoms with van der Waals surface area (Å²) >= 11 is 5.83. The molecule has 8 nitrogen and oxygen atoms in total. The Labute approximate surface area is 203 Å². The summed E-state index contributed by atoms with van der Waals surface area (Å²) in [6, 6.07) is 5.43. The van der Waals surface area contributed by atoms with Crippen molar-refractivity contribution in [3.05, 3.63) is 71.6 Å². The van der Waals surface area contributed by atoms with Gasteiger partial charge < -0.3 is 15.4 Å². The number of alkyl halides is 1. The van der Waals surface area contributed by atoms with Gasteiger partial charge in [-0.1, -0.05) is 17.7 Å². The molecular formula is C24H18ClF2N5O3. The van der Waals surface area contributed by atoms with Gasteiger partial charge in [-0.15, -0.1) is 0 Å². The zero-order chi connectivity index (χ0) is 24.6. The molecule has 0 bridgehead atoms. The van der Waals surface area contributed by atoms with Crippen molar-refractivity contribution in [1.29, 1.82) is 0 Å². The first-order valence-electron chi connectivity index (χ1n) is 10.7. The molecule has 1 fully saturated rings. The van der Waals surface area contributed by atoms with Crippen LogP contribution >= 0.6 is 11.6 Å². The number of fused-ring (bicyclic) bond motifs is 1. The number of hydrogen-bond donors (Lipinski definition) is 2. The van der Waals surface area contributed by atoms with Crippen LogP contribution in [0.5, 0.6) is 11.5 Å². The topological polar surface area (TPSA) is 106 Å². The molecule has 2 heterocycles. The number of amides is 2. The molecule has 2 aromatic heterocycles. The first-order chi connectivity index (χ1) is 16.8. The third kappa shape index (κ3) is 4.69. The number of carbonyl (C=O) groups is 2. The van der Waals surface area contributed by atoms with Crippen molar-refractivity contribution in [3.8, 4) is 11.5 Å². The summed E-state index contributed by atoms with van der Waals surface area (Å²) in [7, 11) is 0. The van der Waals surface area contributed by atoms with Crippen molar-refractivity contribution in [2.24, 2.45) is 5.41 Å². The third-order valence-electron chi connectivity index (χ3n) is 5.72. The van der Waals surface area contributed by atoms with E-state index in [0.717, 1.165) is 6.07 Å². The lowest BCUT2D eigenvalue weighted by Gasteiger charge is -2.17. The van der Waals surface area contributed by atoms with Crippen LogP contribution in [0.2, 0.25) is 5.15 Å². The molecule has 0 aliphatic heterocycles. The summed E-state index contributed by atoms with van der Waals surface area (Å²) in [5.41, 5.74) is -0.0761. The molecular weight excluding hydrogens is 480 g/mol. The van der Waals surface area contributed by atoms with Crippen LogP contribution in [-0.4, -0.2) is 32.9 Å². The van der Waals surface area contributed by atoms with Crippen LogP contribution in [0.15, 0.2) is 60.6 Å². The van der Waals surface area contributed by atoms with E-state index in [1.807, 2.05) is 0 Å².